The quantitative estimate of drug-likeness (QED) is 0.385. The van der Waals surface area contributed by atoms with Crippen molar-refractivity contribution in [3.63, 3.8) is 0 Å². The number of likely N-dealkylation sites (tertiary alicyclic amines) is 1. The zero-order valence-electron chi connectivity index (χ0n) is 25.8. The van der Waals surface area contributed by atoms with E-state index in [1.54, 1.807) is 9.80 Å². The molecule has 2 aromatic carbocycles. The van der Waals surface area contributed by atoms with Crippen LogP contribution in [0.15, 0.2) is 48.5 Å². The average Bonchev–Trinajstić information content (AvgIpc) is 3.09. The van der Waals surface area contributed by atoms with Crippen molar-refractivity contribution in [2.24, 2.45) is 0 Å². The van der Waals surface area contributed by atoms with Gasteiger partial charge in [0.25, 0.3) is 0 Å². The van der Waals surface area contributed by atoms with E-state index in [-0.39, 0.29) is 38.0 Å². The van der Waals surface area contributed by atoms with E-state index < -0.39 is 29.3 Å². The van der Waals surface area contributed by atoms with Crippen LogP contribution in [0, 0.1) is 0 Å². The Morgan fingerprint density at radius 3 is 2.02 bits per heavy atom. The zero-order chi connectivity index (χ0) is 30.6. The Morgan fingerprint density at radius 1 is 0.860 bits per heavy atom. The van der Waals surface area contributed by atoms with E-state index in [0.717, 1.165) is 67.2 Å². The van der Waals surface area contributed by atoms with Gasteiger partial charge in [0, 0.05) is 25.0 Å². The molecule has 2 aliphatic carbocycles. The first-order chi connectivity index (χ1) is 20.6. The van der Waals surface area contributed by atoms with Gasteiger partial charge in [0.2, 0.25) is 0 Å². The van der Waals surface area contributed by atoms with Crippen molar-refractivity contribution in [1.29, 1.82) is 0 Å². The van der Waals surface area contributed by atoms with E-state index >= 15 is 0 Å². The first-order valence-electron chi connectivity index (χ1n) is 16.0. The van der Waals surface area contributed by atoms with Crippen LogP contribution in [0.25, 0.3) is 11.1 Å². The maximum absolute atomic E-state index is 14.3. The third kappa shape index (κ3) is 6.68. The van der Waals surface area contributed by atoms with Gasteiger partial charge in [0.05, 0.1) is 0 Å². The number of rotatable bonds is 5. The van der Waals surface area contributed by atoms with Gasteiger partial charge >= 0.3 is 18.2 Å². The molecular weight excluding hydrogens is 544 g/mol. The number of amides is 2. The van der Waals surface area contributed by atoms with Crippen molar-refractivity contribution in [3.05, 3.63) is 59.7 Å². The summed E-state index contributed by atoms with van der Waals surface area (Å²) in [5.41, 5.74) is 2.39. The molecule has 2 amide bonds. The molecule has 3 aliphatic rings. The molecule has 8 nitrogen and oxygen atoms in total. The second-order valence-electron chi connectivity index (χ2n) is 13.3. The summed E-state index contributed by atoms with van der Waals surface area (Å²) >= 11 is 0. The van der Waals surface area contributed by atoms with Gasteiger partial charge < -0.3 is 19.5 Å². The van der Waals surface area contributed by atoms with Crippen molar-refractivity contribution in [2.75, 3.05) is 19.7 Å². The van der Waals surface area contributed by atoms with Gasteiger partial charge in [-0.3, -0.25) is 4.90 Å². The first kappa shape index (κ1) is 30.9. The number of hydrogen-bond donors (Lipinski definition) is 1. The molecule has 43 heavy (non-hydrogen) atoms. The van der Waals surface area contributed by atoms with E-state index in [2.05, 4.69) is 24.3 Å². The maximum Gasteiger partial charge on any atom is 0.411 e. The van der Waals surface area contributed by atoms with Crippen LogP contribution in [-0.4, -0.2) is 69.9 Å². The molecule has 5 rings (SSSR count). The average molecular weight is 591 g/mol. The lowest BCUT2D eigenvalue weighted by Crippen LogP contribution is -2.61. The summed E-state index contributed by atoms with van der Waals surface area (Å²) in [5, 5.41) is 10.9. The number of hydrogen-bond acceptors (Lipinski definition) is 5. The summed E-state index contributed by atoms with van der Waals surface area (Å²) in [6, 6.07) is 16.2. The molecule has 1 saturated carbocycles. The van der Waals surface area contributed by atoms with Crippen LogP contribution in [0.5, 0.6) is 0 Å². The second-order valence-corrected chi connectivity index (χ2v) is 13.3. The standard InChI is InChI=1S/C35H46N2O6/c1-34(2,3)43-32(40)36-22-13-20-35(21-23-36,31(38)39)37(25-14-7-5-4-6-8-15-25)33(41)42-24-30-28-18-11-9-16-26(28)27-17-10-12-19-29(27)30/h9-12,16-19,25,30H,4-8,13-15,20-24H2,1-3H3,(H,38,39). The molecule has 1 unspecified atom stereocenters. The highest BCUT2D eigenvalue weighted by Gasteiger charge is 2.51. The molecule has 1 N–H and O–H groups in total. The SMILES string of the molecule is CC(C)(C)OC(=O)N1CCCC(C(=O)O)(N(C(=O)OCC2c3ccccc3-c3ccccc32)C2CCCCCCC2)CC1. The fraction of sp³-hybridized carbons (Fsp3) is 0.571. The lowest BCUT2D eigenvalue weighted by molar-refractivity contribution is -0.153. The van der Waals surface area contributed by atoms with Crippen LogP contribution >= 0.6 is 0 Å². The smallest absolute Gasteiger partial charge is 0.411 e. The van der Waals surface area contributed by atoms with Gasteiger partial charge in [-0.1, -0.05) is 80.6 Å². The molecule has 0 radical (unpaired) electrons. The van der Waals surface area contributed by atoms with Crippen LogP contribution in [-0.2, 0) is 14.3 Å². The number of ether oxygens (including phenoxy) is 2. The molecular formula is C35H46N2O6. The summed E-state index contributed by atoms with van der Waals surface area (Å²) < 4.78 is 11.8. The Labute approximate surface area is 255 Å². The van der Waals surface area contributed by atoms with E-state index in [9.17, 15) is 19.5 Å². The third-order valence-corrected chi connectivity index (χ3v) is 9.30. The highest BCUT2D eigenvalue weighted by atomic mass is 16.6. The van der Waals surface area contributed by atoms with Crippen LogP contribution in [0.3, 0.4) is 0 Å². The Balaban J connectivity index is 1.42. The van der Waals surface area contributed by atoms with Crippen LogP contribution < -0.4 is 0 Å². The van der Waals surface area contributed by atoms with Gasteiger partial charge in [0.1, 0.15) is 17.7 Å². The van der Waals surface area contributed by atoms with Crippen molar-refractivity contribution >= 4 is 18.2 Å². The fourth-order valence-corrected chi connectivity index (χ4v) is 7.22. The topological polar surface area (TPSA) is 96.4 Å². The predicted octanol–water partition coefficient (Wildman–Crippen LogP) is 7.59. The Morgan fingerprint density at radius 2 is 1.44 bits per heavy atom. The lowest BCUT2D eigenvalue weighted by atomic mass is 9.84. The van der Waals surface area contributed by atoms with E-state index in [4.69, 9.17) is 9.47 Å². The van der Waals surface area contributed by atoms with Crippen molar-refractivity contribution in [2.45, 2.75) is 108 Å². The molecule has 232 valence electrons. The number of nitrogens with zero attached hydrogens (tertiary/aromatic N) is 2. The Kier molecular flexibility index (Phi) is 9.33. The largest absolute Gasteiger partial charge is 0.479 e. The van der Waals surface area contributed by atoms with Crippen molar-refractivity contribution in [3.8, 4) is 11.1 Å². The number of benzene rings is 2. The highest BCUT2D eigenvalue weighted by molar-refractivity contribution is 5.85. The minimum absolute atomic E-state index is 0.117. The second kappa shape index (κ2) is 13.0. The number of carbonyl (C=O) groups is 3. The number of aliphatic carboxylic acids is 1. The number of carboxylic acids is 1. The van der Waals surface area contributed by atoms with Crippen LogP contribution in [0.1, 0.15) is 102 Å². The molecule has 0 bridgehead atoms. The minimum Gasteiger partial charge on any atom is -0.479 e. The highest BCUT2D eigenvalue weighted by Crippen LogP contribution is 2.45. The van der Waals surface area contributed by atoms with Crippen molar-refractivity contribution < 1.29 is 29.0 Å². The summed E-state index contributed by atoms with van der Waals surface area (Å²) in [6.07, 6.45) is 6.48. The molecule has 1 saturated heterocycles. The van der Waals surface area contributed by atoms with E-state index in [0.29, 0.717) is 13.0 Å². The Hall–Kier alpha value is -3.55. The molecule has 0 aromatic heterocycles. The number of fused-ring (bicyclic) bond motifs is 3. The first-order valence-corrected chi connectivity index (χ1v) is 16.0. The van der Waals surface area contributed by atoms with Gasteiger partial charge in [0.15, 0.2) is 0 Å². The Bertz CT molecular complexity index is 1270. The van der Waals surface area contributed by atoms with E-state index in [1.807, 2.05) is 45.0 Å². The summed E-state index contributed by atoms with van der Waals surface area (Å²) in [6.45, 7) is 6.16. The zero-order valence-corrected chi connectivity index (χ0v) is 25.8. The van der Waals surface area contributed by atoms with Crippen molar-refractivity contribution in [1.82, 2.24) is 9.80 Å². The number of carbonyl (C=O) groups excluding carboxylic acids is 2. The monoisotopic (exact) mass is 590 g/mol. The maximum atomic E-state index is 14.3. The molecule has 8 heteroatoms. The number of carboxylic acid groups (broad SMARTS) is 1. The predicted molar refractivity (Wildman–Crippen MR) is 165 cm³/mol. The van der Waals surface area contributed by atoms with Gasteiger partial charge in [-0.25, -0.2) is 14.4 Å². The van der Waals surface area contributed by atoms with Crippen LogP contribution in [0.4, 0.5) is 9.59 Å². The molecule has 1 atom stereocenters. The summed E-state index contributed by atoms with van der Waals surface area (Å²) in [7, 11) is 0. The molecule has 2 fully saturated rings. The van der Waals surface area contributed by atoms with Gasteiger partial charge in [-0.05, 0) is 75.1 Å². The fourth-order valence-electron chi connectivity index (χ4n) is 7.22. The van der Waals surface area contributed by atoms with Gasteiger partial charge in [-0.15, -0.1) is 0 Å². The molecule has 2 aromatic rings. The minimum atomic E-state index is -1.47. The molecule has 0 spiro atoms. The summed E-state index contributed by atoms with van der Waals surface area (Å²) in [5.74, 6) is -1.15. The summed E-state index contributed by atoms with van der Waals surface area (Å²) in [4.78, 5) is 43.7. The van der Waals surface area contributed by atoms with Crippen LogP contribution in [0.2, 0.25) is 0 Å². The molecule has 1 heterocycles. The normalized spacial score (nSPS) is 21.5. The van der Waals surface area contributed by atoms with Gasteiger partial charge in [-0.2, -0.15) is 0 Å². The van der Waals surface area contributed by atoms with E-state index in [1.165, 1.54) is 0 Å². The lowest BCUT2D eigenvalue weighted by Gasteiger charge is -2.44. The third-order valence-electron chi connectivity index (χ3n) is 9.30. The molecule has 1 aliphatic heterocycles.